The second-order valence-corrected chi connectivity index (χ2v) is 6.06. The molecule has 3 unspecified atom stereocenters. The molecule has 17 nitrogen and oxygen atoms in total. The Morgan fingerprint density at radius 2 is 1.21 bits per heavy atom. The van der Waals surface area contributed by atoms with E-state index in [4.69, 9.17) is 53.9 Å². The van der Waals surface area contributed by atoms with E-state index in [1.807, 2.05) is 0 Å². The van der Waals surface area contributed by atoms with Gasteiger partial charge in [-0.15, -0.1) is 0 Å². The van der Waals surface area contributed by atoms with E-state index in [1.54, 1.807) is 0 Å². The highest BCUT2D eigenvalue weighted by Crippen LogP contribution is 1.92. The van der Waals surface area contributed by atoms with Crippen molar-refractivity contribution < 1.29 is 49.5 Å². The second kappa shape index (κ2) is 23.5. The number of nitrogens with one attached hydrogen (secondary N) is 2. The average molecular weight is 504 g/mol. The molecule has 0 fully saturated rings. The minimum absolute atomic E-state index is 0.112. The molecule has 0 radical (unpaired) electrons. The molecule has 0 heterocycles. The number of carbonyl (C=O) groups is 5. The lowest BCUT2D eigenvalue weighted by molar-refractivity contribution is -0.144. The van der Waals surface area contributed by atoms with Gasteiger partial charge in [0.1, 0.15) is 18.1 Å². The van der Waals surface area contributed by atoms with Gasteiger partial charge in [0.05, 0.1) is 13.0 Å². The molecule has 0 saturated heterocycles. The average Bonchev–Trinajstić information content (AvgIpc) is 2.70. The molecular weight excluding hydrogens is 470 g/mol. The maximum Gasteiger partial charge on any atom is 0.321 e. The third kappa shape index (κ3) is 36.5. The normalized spacial score (nSPS) is 11.8. The van der Waals surface area contributed by atoms with E-state index in [0.29, 0.717) is 19.4 Å². The zero-order valence-corrected chi connectivity index (χ0v) is 18.5. The van der Waals surface area contributed by atoms with Crippen molar-refractivity contribution >= 4 is 48.4 Å². The molecule has 33 heavy (non-hydrogen) atoms. The molecule has 0 aliphatic heterocycles. The first kappa shape index (κ1) is 37.1. The molecule has 17 N–H and O–H groups in total. The van der Waals surface area contributed by atoms with E-state index in [1.165, 1.54) is 0 Å². The van der Waals surface area contributed by atoms with Crippen LogP contribution in [0, 0.1) is 5.41 Å². The van der Waals surface area contributed by atoms with Crippen molar-refractivity contribution in [2.24, 2.45) is 28.7 Å². The number of guanidine groups is 1. The summed E-state index contributed by atoms with van der Waals surface area (Å²) < 4.78 is 0. The summed E-state index contributed by atoms with van der Waals surface area (Å²) in [4.78, 5) is 48.8. The summed E-state index contributed by atoms with van der Waals surface area (Å²) >= 11 is 3.65. The van der Waals surface area contributed by atoms with Crippen LogP contribution in [0.5, 0.6) is 0 Å². The van der Waals surface area contributed by atoms with Gasteiger partial charge < -0.3 is 59.5 Å². The fourth-order valence-electron chi connectivity index (χ4n) is 1.02. The smallest absolute Gasteiger partial charge is 0.321 e. The lowest BCUT2D eigenvalue weighted by Gasteiger charge is -2.06. The Bertz CT molecular complexity index is 624. The number of carboxylic acids is 5. The lowest BCUT2D eigenvalue weighted by Crippen LogP contribution is -2.34. The van der Waals surface area contributed by atoms with Gasteiger partial charge in [-0.05, 0) is 12.8 Å². The van der Waals surface area contributed by atoms with Crippen LogP contribution in [-0.4, -0.2) is 98.3 Å². The summed E-state index contributed by atoms with van der Waals surface area (Å²) in [7, 11) is 0. The maximum absolute atomic E-state index is 10.2. The van der Waals surface area contributed by atoms with Gasteiger partial charge in [-0.2, -0.15) is 12.6 Å². The monoisotopic (exact) mass is 503 g/mol. The van der Waals surface area contributed by atoms with Crippen LogP contribution < -0.4 is 34.0 Å². The molecule has 0 rings (SSSR count). The zero-order chi connectivity index (χ0) is 27.1. The number of aliphatic carboxylic acids is 5. The van der Waals surface area contributed by atoms with Crippen LogP contribution in [0.3, 0.4) is 0 Å². The molecule has 18 heteroatoms. The summed E-state index contributed by atoms with van der Waals surface area (Å²) in [6.45, 7) is 0.205. The topological polar surface area (TPSA) is 352 Å². The standard InChI is InChI=1S/C6H14N4O2.C4H7NO4.C3H7NO2S.C2H5NO2/c7-4(5(11)12)2-1-3-10-6(8)9;5-2(4(8)9)1-3(6)7;4-2(1-7)3(5)6;3-1-2(4)5/h4H,1-3,7H2,(H,11,12)(H4,8,9,10);2H,1,5H2,(H,6,7)(H,8,9);2,7H,1,4H2,(H,5,6);1,3H2,(H,4,5). The first-order chi connectivity index (χ1) is 15.0. The molecule has 0 aromatic rings. The van der Waals surface area contributed by atoms with Crippen molar-refractivity contribution in [2.45, 2.75) is 37.4 Å². The molecule has 0 aliphatic carbocycles. The number of hydrogen-bond donors (Lipinski definition) is 13. The summed E-state index contributed by atoms with van der Waals surface area (Å²) in [5.41, 5.74) is 24.6. The fraction of sp³-hybridized carbons (Fsp3) is 0.600. The van der Waals surface area contributed by atoms with Crippen molar-refractivity contribution in [2.75, 3.05) is 18.8 Å². The summed E-state index contributed by atoms with van der Waals surface area (Å²) in [5.74, 6) is -5.39. The van der Waals surface area contributed by atoms with Crippen LogP contribution in [0.4, 0.5) is 0 Å². The fourth-order valence-corrected chi connectivity index (χ4v) is 1.18. The molecule has 0 saturated carbocycles. The lowest BCUT2D eigenvalue weighted by atomic mass is 10.2. The van der Waals surface area contributed by atoms with Gasteiger partial charge in [-0.3, -0.25) is 29.4 Å². The third-order valence-corrected chi connectivity index (χ3v) is 3.12. The van der Waals surface area contributed by atoms with Crippen LogP contribution in [-0.2, 0) is 24.0 Å². The Kier molecular flexibility index (Phi) is 26.4. The van der Waals surface area contributed by atoms with Crippen molar-refractivity contribution in [3.8, 4) is 0 Å². The van der Waals surface area contributed by atoms with E-state index < -0.39 is 54.4 Å². The van der Waals surface area contributed by atoms with E-state index in [9.17, 15) is 24.0 Å². The highest BCUT2D eigenvalue weighted by atomic mass is 32.1. The molecule has 3 atom stereocenters. The SMILES string of the molecule is N=C(N)NCCCC(N)C(=O)O.NC(CC(=O)O)C(=O)O.NC(CS)C(=O)O.NCC(=O)O. The van der Waals surface area contributed by atoms with Crippen molar-refractivity contribution in [1.29, 1.82) is 5.41 Å². The van der Waals surface area contributed by atoms with Crippen molar-refractivity contribution in [3.63, 3.8) is 0 Å². The highest BCUT2D eigenvalue weighted by molar-refractivity contribution is 7.80. The van der Waals surface area contributed by atoms with Crippen LogP contribution in [0.1, 0.15) is 19.3 Å². The van der Waals surface area contributed by atoms with E-state index in [2.05, 4.69) is 23.7 Å². The second-order valence-electron chi connectivity index (χ2n) is 5.70. The van der Waals surface area contributed by atoms with E-state index in [-0.39, 0.29) is 18.3 Å². The first-order valence-electron chi connectivity index (χ1n) is 8.80. The summed E-state index contributed by atoms with van der Waals surface area (Å²) in [6, 6.07) is -2.93. The van der Waals surface area contributed by atoms with Gasteiger partial charge in [-0.25, -0.2) is 0 Å². The quantitative estimate of drug-likeness (QED) is 0.0550. The molecule has 194 valence electrons. The van der Waals surface area contributed by atoms with E-state index in [0.717, 1.165) is 0 Å². The Labute approximate surface area is 194 Å². The predicted octanol–water partition coefficient (Wildman–Crippen LogP) is -4.11. The minimum Gasteiger partial charge on any atom is -0.481 e. The number of rotatable bonds is 11. The Morgan fingerprint density at radius 3 is 1.39 bits per heavy atom. The molecular formula is C15H33N7O10S. The Hall–Kier alpha value is -3.19. The number of hydrogen-bond acceptors (Lipinski definition) is 11. The van der Waals surface area contributed by atoms with Crippen molar-refractivity contribution in [3.05, 3.63) is 0 Å². The Balaban J connectivity index is -0.000000178. The van der Waals surface area contributed by atoms with Gasteiger partial charge in [-0.1, -0.05) is 0 Å². The first-order valence-corrected chi connectivity index (χ1v) is 9.44. The molecule has 0 aromatic heterocycles. The van der Waals surface area contributed by atoms with Gasteiger partial charge in [0, 0.05) is 12.3 Å². The molecule has 0 aliphatic rings. The van der Waals surface area contributed by atoms with Crippen LogP contribution in [0.2, 0.25) is 0 Å². The van der Waals surface area contributed by atoms with Gasteiger partial charge >= 0.3 is 29.8 Å². The van der Waals surface area contributed by atoms with Crippen LogP contribution >= 0.6 is 12.6 Å². The largest absolute Gasteiger partial charge is 0.481 e. The molecule has 0 aromatic carbocycles. The number of nitrogens with two attached hydrogens (primary N) is 5. The molecule has 0 bridgehead atoms. The van der Waals surface area contributed by atoms with Gasteiger partial charge in [0.25, 0.3) is 0 Å². The van der Waals surface area contributed by atoms with Gasteiger partial charge in [0.15, 0.2) is 5.96 Å². The van der Waals surface area contributed by atoms with Gasteiger partial charge in [0.2, 0.25) is 0 Å². The predicted molar refractivity (Wildman–Crippen MR) is 119 cm³/mol. The molecule has 0 amide bonds. The Morgan fingerprint density at radius 1 is 0.818 bits per heavy atom. The van der Waals surface area contributed by atoms with Crippen LogP contribution in [0.25, 0.3) is 0 Å². The number of thiol groups is 1. The molecule has 0 spiro atoms. The zero-order valence-electron chi connectivity index (χ0n) is 17.6. The number of carboxylic acid groups (broad SMARTS) is 5. The highest BCUT2D eigenvalue weighted by Gasteiger charge is 2.14. The van der Waals surface area contributed by atoms with Crippen LogP contribution in [0.15, 0.2) is 0 Å². The maximum atomic E-state index is 10.2. The third-order valence-electron chi connectivity index (χ3n) is 2.72. The van der Waals surface area contributed by atoms with E-state index >= 15 is 0 Å². The summed E-state index contributed by atoms with van der Waals surface area (Å²) in [5, 5.41) is 49.4. The van der Waals surface area contributed by atoms with Crippen molar-refractivity contribution in [1.82, 2.24) is 5.32 Å². The minimum atomic E-state index is -1.29. The summed E-state index contributed by atoms with van der Waals surface area (Å²) in [6.07, 6.45) is 0.442.